The Morgan fingerprint density at radius 3 is 2.30 bits per heavy atom. The first-order valence-corrected chi connectivity index (χ1v) is 2.44. The van der Waals surface area contributed by atoms with Crippen molar-refractivity contribution in [2.45, 2.75) is 6.92 Å². The summed E-state index contributed by atoms with van der Waals surface area (Å²) in [6.45, 7) is 1.87. The van der Waals surface area contributed by atoms with Crippen molar-refractivity contribution in [3.63, 3.8) is 0 Å². The van der Waals surface area contributed by atoms with Crippen LogP contribution in [0.1, 0.15) is 5.69 Å². The predicted molar refractivity (Wildman–Crippen MR) is 39.4 cm³/mol. The average molecular weight is 306 g/mol. The first kappa shape index (κ1) is 12.3. The van der Waals surface area contributed by atoms with Crippen molar-refractivity contribution < 1.29 is 21.1 Å². The van der Waals surface area contributed by atoms with E-state index in [1.54, 1.807) is 6.07 Å². The average Bonchev–Trinajstić information content (AvgIpc) is 1.64. The van der Waals surface area contributed by atoms with Gasteiger partial charge in [-0.1, -0.05) is 29.7 Å². The van der Waals surface area contributed by atoms with E-state index in [1.807, 2.05) is 19.1 Å². The Labute approximate surface area is 76.1 Å². The minimum absolute atomic E-state index is 0. The van der Waals surface area contributed by atoms with Crippen LogP contribution in [0.4, 0.5) is 5.82 Å². The number of aryl methyl sites for hydroxylation is 1. The summed E-state index contributed by atoms with van der Waals surface area (Å²) in [5, 5.41) is 0. The van der Waals surface area contributed by atoms with Gasteiger partial charge in [-0.2, -0.15) is 0 Å². The molecule has 1 rings (SSSR count). The van der Waals surface area contributed by atoms with E-state index in [1.165, 1.54) is 0 Å². The van der Waals surface area contributed by atoms with Gasteiger partial charge < -0.3 is 18.1 Å². The molecule has 0 unspecified atom stereocenters. The molecule has 0 bridgehead atoms. The van der Waals surface area contributed by atoms with Crippen molar-refractivity contribution in [3.05, 3.63) is 37.1 Å². The Morgan fingerprint density at radius 1 is 1.40 bits per heavy atom. The van der Waals surface area contributed by atoms with Gasteiger partial charge in [-0.15, -0.1) is 0 Å². The summed E-state index contributed by atoms with van der Waals surface area (Å²) in [5.74, 6) is 0.338. The van der Waals surface area contributed by atoms with Gasteiger partial charge in [0, 0.05) is 0 Å². The van der Waals surface area contributed by atoms with Crippen LogP contribution < -0.4 is 0 Å². The summed E-state index contributed by atoms with van der Waals surface area (Å²) >= 11 is 0. The second-order valence-electron chi connectivity index (χ2n) is 1.66. The molecular formula is C7H10N2W. The van der Waals surface area contributed by atoms with E-state index in [0.29, 0.717) is 5.82 Å². The van der Waals surface area contributed by atoms with Gasteiger partial charge in [0.1, 0.15) is 0 Å². The standard InChI is InChI=1S/C6H7N2.CH3.W/c1-5-3-2-4-6(7)8-5;;/h2-4H,1H3,(H-,7,8);1H3;/q2*-1;+2. The second-order valence-corrected chi connectivity index (χ2v) is 1.66. The van der Waals surface area contributed by atoms with E-state index in [0.717, 1.165) is 5.69 Å². The Hall–Kier alpha value is -0.362. The predicted octanol–water partition coefficient (Wildman–Crippen LogP) is 2.52. The quantitative estimate of drug-likeness (QED) is 0.679. The fraction of sp³-hybridized carbons (Fsp3) is 0.143. The first-order chi connectivity index (χ1) is 3.79. The maximum Gasteiger partial charge on any atom is 2.00 e. The second kappa shape index (κ2) is 5.43. The summed E-state index contributed by atoms with van der Waals surface area (Å²) in [7, 11) is 0. The molecule has 1 heterocycles. The van der Waals surface area contributed by atoms with Crippen LogP contribution in [0.15, 0.2) is 18.2 Å². The van der Waals surface area contributed by atoms with Gasteiger partial charge in [0.25, 0.3) is 0 Å². The third-order valence-corrected chi connectivity index (χ3v) is 0.888. The summed E-state index contributed by atoms with van der Waals surface area (Å²) in [6.07, 6.45) is 0. The molecule has 0 spiro atoms. The van der Waals surface area contributed by atoms with E-state index in [-0.39, 0.29) is 28.5 Å². The molecule has 0 saturated carbocycles. The van der Waals surface area contributed by atoms with Crippen molar-refractivity contribution in [3.8, 4) is 0 Å². The van der Waals surface area contributed by atoms with Gasteiger partial charge in [-0.05, 0) is 6.92 Å². The molecule has 0 aliphatic carbocycles. The summed E-state index contributed by atoms with van der Waals surface area (Å²) < 4.78 is 0. The molecule has 10 heavy (non-hydrogen) atoms. The van der Waals surface area contributed by atoms with Crippen LogP contribution in [0.2, 0.25) is 0 Å². The van der Waals surface area contributed by atoms with Crippen molar-refractivity contribution in [2.75, 3.05) is 0 Å². The Kier molecular flexibility index (Phi) is 6.69. The van der Waals surface area contributed by atoms with Crippen molar-refractivity contribution in [1.29, 1.82) is 0 Å². The molecule has 0 radical (unpaired) electrons. The minimum Gasteiger partial charge on any atom is -0.482 e. The summed E-state index contributed by atoms with van der Waals surface area (Å²) in [4.78, 5) is 3.84. The third-order valence-electron chi connectivity index (χ3n) is 0.888. The molecular weight excluding hydrogens is 296 g/mol. The molecule has 0 fully saturated rings. The van der Waals surface area contributed by atoms with Gasteiger partial charge in [-0.3, -0.25) is 0 Å². The van der Waals surface area contributed by atoms with Gasteiger partial charge in [0.05, 0.1) is 0 Å². The number of pyridine rings is 1. The number of nitrogens with one attached hydrogen (secondary N) is 1. The SMILES string of the molecule is Cc1cccc([NH-])n1.[CH3-].[W+2]. The Bertz CT molecular complexity index is 171. The van der Waals surface area contributed by atoms with Crippen LogP contribution in [-0.4, -0.2) is 4.98 Å². The van der Waals surface area contributed by atoms with Crippen LogP contribution >= 0.6 is 0 Å². The minimum atomic E-state index is 0. The molecule has 0 aliphatic heterocycles. The van der Waals surface area contributed by atoms with E-state index in [9.17, 15) is 0 Å². The fourth-order valence-corrected chi connectivity index (χ4v) is 0.543. The van der Waals surface area contributed by atoms with Gasteiger partial charge >= 0.3 is 21.1 Å². The molecule has 0 aliphatic rings. The van der Waals surface area contributed by atoms with Crippen molar-refractivity contribution in [1.82, 2.24) is 4.98 Å². The largest absolute Gasteiger partial charge is 2.00 e. The maximum absolute atomic E-state index is 7.02. The number of hydrogen-bond donors (Lipinski definition) is 0. The molecule has 3 heteroatoms. The zero-order chi connectivity index (χ0) is 5.98. The number of rotatable bonds is 0. The van der Waals surface area contributed by atoms with Crippen LogP contribution in [0.5, 0.6) is 0 Å². The number of hydrogen-bond acceptors (Lipinski definition) is 1. The van der Waals surface area contributed by atoms with E-state index in [2.05, 4.69) is 4.98 Å². The Balaban J connectivity index is 0. The molecule has 0 saturated heterocycles. The first-order valence-electron chi connectivity index (χ1n) is 2.44. The number of nitrogens with zero attached hydrogens (tertiary/aromatic N) is 1. The monoisotopic (exact) mass is 306 g/mol. The topological polar surface area (TPSA) is 36.7 Å². The summed E-state index contributed by atoms with van der Waals surface area (Å²) in [6, 6.07) is 5.36. The smallest absolute Gasteiger partial charge is 0.482 e. The fourth-order valence-electron chi connectivity index (χ4n) is 0.543. The summed E-state index contributed by atoms with van der Waals surface area (Å²) in [5.41, 5.74) is 7.93. The van der Waals surface area contributed by atoms with Crippen LogP contribution in [0.3, 0.4) is 0 Å². The van der Waals surface area contributed by atoms with Crippen LogP contribution in [0.25, 0.3) is 5.73 Å². The number of aromatic nitrogens is 1. The molecule has 2 nitrogen and oxygen atoms in total. The molecule has 0 aromatic carbocycles. The van der Waals surface area contributed by atoms with Crippen LogP contribution in [0, 0.1) is 14.4 Å². The third kappa shape index (κ3) is 3.62. The molecule has 54 valence electrons. The molecule has 0 amide bonds. The van der Waals surface area contributed by atoms with Gasteiger partial charge in [-0.25, -0.2) is 0 Å². The maximum atomic E-state index is 7.02. The van der Waals surface area contributed by atoms with Crippen molar-refractivity contribution >= 4 is 5.82 Å². The normalized spacial score (nSPS) is 7.30. The Morgan fingerprint density at radius 2 is 2.00 bits per heavy atom. The zero-order valence-corrected chi connectivity index (χ0v) is 9.02. The van der Waals surface area contributed by atoms with Crippen LogP contribution in [-0.2, 0) is 21.1 Å². The van der Waals surface area contributed by atoms with Crippen molar-refractivity contribution in [2.24, 2.45) is 0 Å². The van der Waals surface area contributed by atoms with E-state index >= 15 is 0 Å². The zero-order valence-electron chi connectivity index (χ0n) is 6.09. The van der Waals surface area contributed by atoms with E-state index < -0.39 is 0 Å². The van der Waals surface area contributed by atoms with Gasteiger partial charge in [0.2, 0.25) is 0 Å². The molecule has 1 aromatic rings. The molecule has 1 N–H and O–H groups in total. The molecule has 0 atom stereocenters. The van der Waals surface area contributed by atoms with E-state index in [4.69, 9.17) is 5.73 Å². The van der Waals surface area contributed by atoms with Gasteiger partial charge in [0.15, 0.2) is 0 Å². The molecule has 1 aromatic heterocycles.